The number of nitro groups is 1. The Morgan fingerprint density at radius 1 is 1.55 bits per heavy atom. The van der Waals surface area contributed by atoms with Crippen LogP contribution in [0.5, 0.6) is 0 Å². The summed E-state index contributed by atoms with van der Waals surface area (Å²) in [6.45, 7) is 1.97. The fourth-order valence-electron chi connectivity index (χ4n) is 0.890. The molecule has 3 nitrogen and oxygen atoms in total. The quantitative estimate of drug-likeness (QED) is 0.353. The molecule has 0 heterocycles. The van der Waals surface area contributed by atoms with Gasteiger partial charge < -0.3 is 0 Å². The summed E-state index contributed by atoms with van der Waals surface area (Å²) in [4.78, 5) is 9.90. The number of rotatable bonds is 2. The minimum atomic E-state index is -0.376. The third-order valence-electron chi connectivity index (χ3n) is 1.53. The molecule has 0 aliphatic rings. The van der Waals surface area contributed by atoms with Crippen molar-refractivity contribution in [2.75, 3.05) is 0 Å². The molecule has 0 saturated carbocycles. The van der Waals surface area contributed by atoms with E-state index in [0.717, 1.165) is 12.7 Å². The zero-order chi connectivity index (χ0) is 8.27. The molecule has 0 aliphatic heterocycles. The molecule has 0 aliphatic carbocycles. The first-order valence-corrected chi connectivity index (χ1v) is 3.47. The SMILES string of the molecule is CBc1cccc([N+](=O)[O-])c1. The standard InChI is InChI=1S/C7H8BNO2/c1-8-6-3-2-4-7(5-6)9(10)11/h2-5,8H,1H3. The van der Waals surface area contributed by atoms with Crippen molar-refractivity contribution in [1.82, 2.24) is 0 Å². The highest BCUT2D eigenvalue weighted by Crippen LogP contribution is 2.05. The normalized spacial score (nSPS) is 9.18. The Labute approximate surface area is 65.4 Å². The molecule has 56 valence electrons. The number of non-ortho nitro benzene ring substituents is 1. The van der Waals surface area contributed by atoms with Gasteiger partial charge in [0.15, 0.2) is 7.28 Å². The zero-order valence-electron chi connectivity index (χ0n) is 6.28. The number of benzene rings is 1. The van der Waals surface area contributed by atoms with Crippen molar-refractivity contribution in [3.8, 4) is 0 Å². The summed E-state index contributed by atoms with van der Waals surface area (Å²) in [7, 11) is 0.835. The Hall–Kier alpha value is -1.32. The van der Waals surface area contributed by atoms with Crippen molar-refractivity contribution in [2.24, 2.45) is 0 Å². The van der Waals surface area contributed by atoms with Crippen molar-refractivity contribution in [3.63, 3.8) is 0 Å². The third kappa shape index (κ3) is 1.80. The van der Waals surface area contributed by atoms with Crippen LogP contribution < -0.4 is 5.46 Å². The van der Waals surface area contributed by atoms with Crippen molar-refractivity contribution >= 4 is 18.4 Å². The maximum atomic E-state index is 10.3. The molecular weight excluding hydrogens is 141 g/mol. The number of nitro benzene ring substituents is 1. The molecule has 1 aromatic carbocycles. The fourth-order valence-corrected chi connectivity index (χ4v) is 0.890. The topological polar surface area (TPSA) is 43.1 Å². The lowest BCUT2D eigenvalue weighted by Gasteiger charge is -1.93. The van der Waals surface area contributed by atoms with Gasteiger partial charge in [0, 0.05) is 12.1 Å². The molecule has 0 saturated heterocycles. The molecule has 0 radical (unpaired) electrons. The molecule has 0 N–H and O–H groups in total. The van der Waals surface area contributed by atoms with E-state index < -0.39 is 0 Å². The van der Waals surface area contributed by atoms with Crippen LogP contribution in [0.2, 0.25) is 6.82 Å². The fraction of sp³-hybridized carbons (Fsp3) is 0.143. The minimum Gasteiger partial charge on any atom is -0.258 e. The van der Waals surface area contributed by atoms with Gasteiger partial charge in [0.25, 0.3) is 5.69 Å². The first-order valence-electron chi connectivity index (χ1n) is 3.47. The third-order valence-corrected chi connectivity index (χ3v) is 1.53. The largest absolute Gasteiger partial charge is 0.268 e. The predicted molar refractivity (Wildman–Crippen MR) is 45.7 cm³/mol. The highest BCUT2D eigenvalue weighted by atomic mass is 16.6. The van der Waals surface area contributed by atoms with Gasteiger partial charge in [-0.25, -0.2) is 0 Å². The summed E-state index contributed by atoms with van der Waals surface area (Å²) in [5, 5.41) is 10.3. The Kier molecular flexibility index (Phi) is 2.26. The van der Waals surface area contributed by atoms with Gasteiger partial charge in [0.1, 0.15) is 0 Å². The first-order chi connectivity index (χ1) is 5.24. The molecule has 0 amide bonds. The van der Waals surface area contributed by atoms with Gasteiger partial charge in [0.2, 0.25) is 0 Å². The van der Waals surface area contributed by atoms with Crippen LogP contribution in [0.25, 0.3) is 0 Å². The second-order valence-electron chi connectivity index (χ2n) is 2.28. The average Bonchev–Trinajstić information content (AvgIpc) is 2.05. The molecule has 0 unspecified atom stereocenters. The second kappa shape index (κ2) is 3.19. The van der Waals surface area contributed by atoms with Crippen LogP contribution >= 0.6 is 0 Å². The van der Waals surface area contributed by atoms with E-state index in [4.69, 9.17) is 0 Å². The maximum Gasteiger partial charge on any atom is 0.268 e. The van der Waals surface area contributed by atoms with E-state index in [1.165, 1.54) is 6.07 Å². The smallest absolute Gasteiger partial charge is 0.258 e. The summed E-state index contributed by atoms with van der Waals surface area (Å²) in [6, 6.07) is 6.68. The van der Waals surface area contributed by atoms with E-state index in [0.29, 0.717) is 0 Å². The Morgan fingerprint density at radius 3 is 2.82 bits per heavy atom. The molecule has 11 heavy (non-hydrogen) atoms. The van der Waals surface area contributed by atoms with E-state index in [2.05, 4.69) is 0 Å². The number of hydrogen-bond acceptors (Lipinski definition) is 2. The highest BCUT2D eigenvalue weighted by Gasteiger charge is 2.03. The summed E-state index contributed by atoms with van der Waals surface area (Å²) >= 11 is 0. The van der Waals surface area contributed by atoms with Gasteiger partial charge in [-0.3, -0.25) is 10.1 Å². The van der Waals surface area contributed by atoms with E-state index >= 15 is 0 Å². The minimum absolute atomic E-state index is 0.171. The van der Waals surface area contributed by atoms with Crippen LogP contribution in [0.15, 0.2) is 24.3 Å². The maximum absolute atomic E-state index is 10.3. The first kappa shape index (κ1) is 7.79. The Balaban J connectivity index is 3.01. The molecule has 0 aromatic heterocycles. The van der Waals surface area contributed by atoms with Gasteiger partial charge in [-0.05, 0) is 0 Å². The second-order valence-corrected chi connectivity index (χ2v) is 2.28. The van der Waals surface area contributed by atoms with Gasteiger partial charge >= 0.3 is 0 Å². The van der Waals surface area contributed by atoms with Crippen molar-refractivity contribution < 1.29 is 4.92 Å². The van der Waals surface area contributed by atoms with Crippen molar-refractivity contribution in [2.45, 2.75) is 6.82 Å². The van der Waals surface area contributed by atoms with Gasteiger partial charge in [-0.1, -0.05) is 24.4 Å². The zero-order valence-corrected chi connectivity index (χ0v) is 6.28. The number of nitrogens with zero attached hydrogens (tertiary/aromatic N) is 1. The lowest BCUT2D eigenvalue weighted by molar-refractivity contribution is -0.384. The molecule has 0 spiro atoms. The van der Waals surface area contributed by atoms with Crippen LogP contribution in [0.3, 0.4) is 0 Å². The molecule has 1 rings (SSSR count). The van der Waals surface area contributed by atoms with E-state index in [9.17, 15) is 10.1 Å². The summed E-state index contributed by atoms with van der Waals surface area (Å²) in [5.41, 5.74) is 1.17. The molecule has 4 heteroatoms. The van der Waals surface area contributed by atoms with Crippen LogP contribution in [0, 0.1) is 10.1 Å². The number of hydrogen-bond donors (Lipinski definition) is 0. The summed E-state index contributed by atoms with van der Waals surface area (Å²) < 4.78 is 0. The van der Waals surface area contributed by atoms with Crippen molar-refractivity contribution in [3.05, 3.63) is 34.4 Å². The average molecular weight is 149 g/mol. The predicted octanol–water partition coefficient (Wildman–Crippen LogP) is 0.705. The molecule has 1 aromatic rings. The van der Waals surface area contributed by atoms with E-state index in [1.807, 2.05) is 12.9 Å². The van der Waals surface area contributed by atoms with E-state index in [1.54, 1.807) is 12.1 Å². The summed E-state index contributed by atoms with van der Waals surface area (Å²) in [6.07, 6.45) is 0. The molecule has 0 atom stereocenters. The lowest BCUT2D eigenvalue weighted by Crippen LogP contribution is -2.09. The van der Waals surface area contributed by atoms with Gasteiger partial charge in [-0.15, -0.1) is 0 Å². The van der Waals surface area contributed by atoms with Gasteiger partial charge in [0.05, 0.1) is 4.92 Å². The van der Waals surface area contributed by atoms with Crippen LogP contribution in [0.1, 0.15) is 0 Å². The van der Waals surface area contributed by atoms with Crippen molar-refractivity contribution in [1.29, 1.82) is 0 Å². The Morgan fingerprint density at radius 2 is 2.27 bits per heavy atom. The highest BCUT2D eigenvalue weighted by molar-refractivity contribution is 6.52. The van der Waals surface area contributed by atoms with Crippen LogP contribution in [0.4, 0.5) is 5.69 Å². The van der Waals surface area contributed by atoms with Gasteiger partial charge in [-0.2, -0.15) is 0 Å². The molecule has 0 bridgehead atoms. The monoisotopic (exact) mass is 149 g/mol. The van der Waals surface area contributed by atoms with Crippen LogP contribution in [-0.4, -0.2) is 12.2 Å². The molecular formula is C7H8BNO2. The van der Waals surface area contributed by atoms with E-state index in [-0.39, 0.29) is 10.6 Å². The Bertz CT molecular complexity index is 275. The summed E-state index contributed by atoms with van der Waals surface area (Å²) in [5.74, 6) is 0. The molecule has 0 fully saturated rings. The van der Waals surface area contributed by atoms with Crippen LogP contribution in [-0.2, 0) is 0 Å². The lowest BCUT2D eigenvalue weighted by atomic mass is 9.73.